The summed E-state index contributed by atoms with van der Waals surface area (Å²) in [6, 6.07) is 9.35. The molecule has 4 aromatic heterocycles. The summed E-state index contributed by atoms with van der Waals surface area (Å²) in [6.45, 7) is -2.91. The predicted molar refractivity (Wildman–Crippen MR) is 159 cm³/mol. The van der Waals surface area contributed by atoms with Gasteiger partial charge in [0, 0.05) is 35.2 Å². The summed E-state index contributed by atoms with van der Waals surface area (Å²) < 4.78 is 101. The van der Waals surface area contributed by atoms with Crippen LogP contribution in [0.2, 0.25) is 5.02 Å². The number of halogens is 8. The Kier molecular flexibility index (Phi) is 9.04. The maximum atomic E-state index is 15.6. The summed E-state index contributed by atoms with van der Waals surface area (Å²) >= 11 is 6.07. The standard InChI is InChI=1S/C31H20ClF7N8O3/c1-50-47-14-17(27-24(7-5-21(32)28(27)34)46-15-26(41-43-46)31(37,38)39)3-6-23(47)25(11-19-8-9-44(42-19)30(35)36)45-13-18(12-40-45)16-2-4-20(29(48)49)22(33)10-16/h2-10,12-15,25,30H,11H2,1H3/p+1/t25-/m1/s1. The number of benzene rings is 2. The number of nitrogens with zero attached hydrogens (tertiary/aromatic N) is 8. The molecule has 0 aliphatic heterocycles. The van der Waals surface area contributed by atoms with Gasteiger partial charge in [-0.15, -0.1) is 5.10 Å². The number of hydrogen-bond acceptors (Lipinski definition) is 6. The Labute approximate surface area is 281 Å². The first-order chi connectivity index (χ1) is 23.7. The van der Waals surface area contributed by atoms with Gasteiger partial charge < -0.3 is 5.11 Å². The van der Waals surface area contributed by atoms with Gasteiger partial charge in [-0.1, -0.05) is 22.9 Å². The van der Waals surface area contributed by atoms with E-state index in [1.54, 1.807) is 0 Å². The Morgan fingerprint density at radius 3 is 2.42 bits per heavy atom. The third-order valence-electron chi connectivity index (χ3n) is 7.59. The van der Waals surface area contributed by atoms with Crippen LogP contribution < -0.4 is 9.57 Å². The Bertz CT molecular complexity index is 2220. The Balaban J connectivity index is 1.45. The van der Waals surface area contributed by atoms with Crippen molar-refractivity contribution in [2.75, 3.05) is 7.11 Å². The van der Waals surface area contributed by atoms with Crippen LogP contribution in [0.25, 0.3) is 27.9 Å². The molecule has 11 nitrogen and oxygen atoms in total. The van der Waals surface area contributed by atoms with Crippen molar-refractivity contribution in [1.29, 1.82) is 0 Å². The molecule has 50 heavy (non-hydrogen) atoms. The first-order valence-corrected chi connectivity index (χ1v) is 14.6. The molecule has 0 saturated heterocycles. The largest absolute Gasteiger partial charge is 0.478 e. The van der Waals surface area contributed by atoms with Crippen molar-refractivity contribution in [3.05, 3.63) is 119 Å². The van der Waals surface area contributed by atoms with E-state index in [0.29, 0.717) is 27.7 Å². The van der Waals surface area contributed by atoms with Gasteiger partial charge in [-0.3, -0.25) is 9.52 Å². The van der Waals surface area contributed by atoms with Crippen LogP contribution in [0.1, 0.15) is 40.0 Å². The van der Waals surface area contributed by atoms with E-state index in [-0.39, 0.29) is 34.0 Å². The van der Waals surface area contributed by atoms with Gasteiger partial charge in [0.1, 0.15) is 19.0 Å². The summed E-state index contributed by atoms with van der Waals surface area (Å²) in [7, 11) is 1.28. The fraction of sp³-hybridized carbons (Fsp3) is 0.161. The lowest BCUT2D eigenvalue weighted by Crippen LogP contribution is -2.46. The predicted octanol–water partition coefficient (Wildman–Crippen LogP) is 6.22. The normalized spacial score (nSPS) is 12.4. The molecule has 6 rings (SSSR count). The molecule has 0 saturated carbocycles. The number of rotatable bonds is 10. The van der Waals surface area contributed by atoms with Gasteiger partial charge in [-0.05, 0) is 42.0 Å². The highest BCUT2D eigenvalue weighted by Gasteiger charge is 2.35. The minimum Gasteiger partial charge on any atom is -0.478 e. The van der Waals surface area contributed by atoms with Crippen molar-refractivity contribution < 1.29 is 50.2 Å². The molecule has 1 atom stereocenters. The number of carboxylic acids is 1. The van der Waals surface area contributed by atoms with Gasteiger partial charge in [0.2, 0.25) is 6.20 Å². The van der Waals surface area contributed by atoms with Crippen molar-refractivity contribution in [2.45, 2.75) is 25.2 Å². The van der Waals surface area contributed by atoms with Crippen molar-refractivity contribution in [1.82, 2.24) is 34.6 Å². The molecule has 258 valence electrons. The Hall–Kier alpha value is -5.78. The number of aromatic nitrogens is 8. The van der Waals surface area contributed by atoms with Gasteiger partial charge in [0.15, 0.2) is 11.5 Å². The van der Waals surface area contributed by atoms with E-state index in [4.69, 9.17) is 16.4 Å². The minimum absolute atomic E-state index is 0.0498. The van der Waals surface area contributed by atoms with E-state index in [2.05, 4.69) is 20.5 Å². The van der Waals surface area contributed by atoms with Crippen LogP contribution in [0.3, 0.4) is 0 Å². The summed E-state index contributed by atoms with van der Waals surface area (Å²) in [5.41, 5.74) is -0.922. The number of carbonyl (C=O) groups is 1. The molecule has 0 radical (unpaired) electrons. The number of alkyl halides is 5. The third kappa shape index (κ3) is 6.60. The molecule has 0 spiro atoms. The van der Waals surface area contributed by atoms with Crippen molar-refractivity contribution in [3.8, 4) is 27.9 Å². The lowest BCUT2D eigenvalue weighted by molar-refractivity contribution is -0.891. The van der Waals surface area contributed by atoms with Crippen molar-refractivity contribution >= 4 is 17.6 Å². The lowest BCUT2D eigenvalue weighted by atomic mass is 10.0. The zero-order valence-electron chi connectivity index (χ0n) is 25.2. The molecule has 2 aromatic carbocycles. The second-order valence-electron chi connectivity index (χ2n) is 10.6. The lowest BCUT2D eigenvalue weighted by Gasteiger charge is -2.16. The molecular weight excluding hydrogens is 701 g/mol. The van der Waals surface area contributed by atoms with Crippen LogP contribution in [-0.2, 0) is 12.6 Å². The van der Waals surface area contributed by atoms with Crippen LogP contribution in [0.15, 0.2) is 79.5 Å². The summed E-state index contributed by atoms with van der Waals surface area (Å²) in [4.78, 5) is 16.9. The molecule has 0 aliphatic carbocycles. The van der Waals surface area contributed by atoms with Gasteiger partial charge in [0.05, 0.1) is 45.5 Å². The maximum Gasteiger partial charge on any atom is 0.436 e. The smallest absolute Gasteiger partial charge is 0.436 e. The van der Waals surface area contributed by atoms with Crippen LogP contribution in [0, 0.1) is 11.6 Å². The second kappa shape index (κ2) is 13.3. The molecule has 0 aliphatic rings. The van der Waals surface area contributed by atoms with Crippen LogP contribution >= 0.6 is 11.6 Å². The van der Waals surface area contributed by atoms with Gasteiger partial charge in [-0.25, -0.2) is 22.9 Å². The van der Waals surface area contributed by atoms with Crippen molar-refractivity contribution in [3.63, 3.8) is 0 Å². The van der Waals surface area contributed by atoms with E-state index in [1.807, 2.05) is 0 Å². The van der Waals surface area contributed by atoms with Crippen LogP contribution in [0.5, 0.6) is 0 Å². The first-order valence-electron chi connectivity index (χ1n) is 14.2. The molecule has 4 heterocycles. The molecular formula is C31H21ClF7N8O3+. The minimum atomic E-state index is -4.81. The number of pyridine rings is 1. The quantitative estimate of drug-likeness (QED) is 0.132. The van der Waals surface area contributed by atoms with E-state index in [0.717, 1.165) is 29.1 Å². The van der Waals surface area contributed by atoms with E-state index in [1.165, 1.54) is 65.4 Å². The average molecular weight is 722 g/mol. The van der Waals surface area contributed by atoms with Crippen LogP contribution in [-0.4, -0.2) is 52.7 Å². The number of aromatic carboxylic acids is 1. The van der Waals surface area contributed by atoms with Gasteiger partial charge >= 0.3 is 18.7 Å². The topological polar surface area (TPSA) is 117 Å². The Morgan fingerprint density at radius 2 is 1.78 bits per heavy atom. The van der Waals surface area contributed by atoms with Gasteiger partial charge in [0.25, 0.3) is 5.69 Å². The second-order valence-corrected chi connectivity index (χ2v) is 11.1. The number of carboxylic acid groups (broad SMARTS) is 1. The average Bonchev–Trinajstić information content (AvgIpc) is 3.86. The first kappa shape index (κ1) is 34.1. The third-order valence-corrected chi connectivity index (χ3v) is 7.89. The fourth-order valence-electron chi connectivity index (χ4n) is 5.23. The highest BCUT2D eigenvalue weighted by atomic mass is 35.5. The SMILES string of the molecule is CO[n+]1cc(-c2c(-n3cc(C(F)(F)F)nn3)ccc(Cl)c2F)ccc1[C@@H](Cc1ccn(C(F)F)n1)n1cc(-c2ccc(C(=O)O)c(F)c2)cn1. The molecule has 0 amide bonds. The zero-order chi connectivity index (χ0) is 35.9. The molecule has 19 heteroatoms. The summed E-state index contributed by atoms with van der Waals surface area (Å²) in [5.74, 6) is -3.40. The van der Waals surface area contributed by atoms with E-state index in [9.17, 15) is 36.2 Å². The van der Waals surface area contributed by atoms with Crippen molar-refractivity contribution in [2.24, 2.45) is 0 Å². The fourth-order valence-corrected chi connectivity index (χ4v) is 5.38. The molecule has 1 N–H and O–H groups in total. The monoisotopic (exact) mass is 721 g/mol. The van der Waals surface area contributed by atoms with E-state index >= 15 is 4.39 Å². The molecule has 0 fully saturated rings. The molecule has 0 unspecified atom stereocenters. The van der Waals surface area contributed by atoms with Crippen LogP contribution in [0.4, 0.5) is 30.7 Å². The molecule has 0 bridgehead atoms. The van der Waals surface area contributed by atoms with E-state index < -0.39 is 47.6 Å². The highest BCUT2D eigenvalue weighted by Crippen LogP contribution is 2.35. The Morgan fingerprint density at radius 1 is 1.02 bits per heavy atom. The number of hydrogen-bond donors (Lipinski definition) is 1. The zero-order valence-corrected chi connectivity index (χ0v) is 26.0. The summed E-state index contributed by atoms with van der Waals surface area (Å²) in [5, 5.41) is 23.8. The highest BCUT2D eigenvalue weighted by molar-refractivity contribution is 6.31. The maximum absolute atomic E-state index is 15.6. The summed E-state index contributed by atoms with van der Waals surface area (Å²) in [6.07, 6.45) is 1.03. The molecule has 6 aromatic rings. The van der Waals surface area contributed by atoms with Gasteiger partial charge in [-0.2, -0.15) is 32.1 Å².